The highest BCUT2D eigenvalue weighted by Crippen LogP contribution is 2.43. The van der Waals surface area contributed by atoms with Gasteiger partial charge in [-0.05, 0) is 89.5 Å². The van der Waals surface area contributed by atoms with Gasteiger partial charge in [-0.15, -0.1) is 11.3 Å². The third-order valence-corrected chi connectivity index (χ3v) is 10.8. The quantitative estimate of drug-likeness (QED) is 0.193. The molecule has 3 aromatic heterocycles. The summed E-state index contributed by atoms with van der Waals surface area (Å²) < 4.78 is 6.24. The zero-order valence-electron chi connectivity index (χ0n) is 24.6. The molecule has 0 spiro atoms. The van der Waals surface area contributed by atoms with Crippen molar-refractivity contribution in [3.63, 3.8) is 0 Å². The summed E-state index contributed by atoms with van der Waals surface area (Å²) in [6.07, 6.45) is 4.64. The second-order valence-electron chi connectivity index (χ2n) is 12.0. The van der Waals surface area contributed by atoms with Crippen molar-refractivity contribution in [1.82, 2.24) is 9.13 Å². The first-order valence-corrected chi connectivity index (χ1v) is 16.5. The Kier molecular flexibility index (Phi) is 5.31. The average Bonchev–Trinajstić information content (AvgIpc) is 3.76. The smallest absolute Gasteiger partial charge is 0.0542 e. The van der Waals surface area contributed by atoms with E-state index in [1.165, 1.54) is 86.6 Å². The van der Waals surface area contributed by atoms with Crippen molar-refractivity contribution in [2.24, 2.45) is 0 Å². The molecule has 2 nitrogen and oxygen atoms in total. The van der Waals surface area contributed by atoms with Gasteiger partial charge in [-0.3, -0.25) is 0 Å². The van der Waals surface area contributed by atoms with E-state index in [-0.39, 0.29) is 0 Å². The van der Waals surface area contributed by atoms with Crippen molar-refractivity contribution >= 4 is 70.6 Å². The van der Waals surface area contributed by atoms with E-state index in [1.54, 1.807) is 0 Å². The van der Waals surface area contributed by atoms with Gasteiger partial charge in [0.1, 0.15) is 0 Å². The van der Waals surface area contributed by atoms with Gasteiger partial charge >= 0.3 is 0 Å². The average molecular weight is 593 g/mol. The van der Waals surface area contributed by atoms with Crippen LogP contribution < -0.4 is 0 Å². The summed E-state index contributed by atoms with van der Waals surface area (Å²) in [4.78, 5) is 1.43. The lowest BCUT2D eigenvalue weighted by Gasteiger charge is -2.16. The predicted octanol–water partition coefficient (Wildman–Crippen LogP) is 11.5. The second-order valence-corrected chi connectivity index (χ2v) is 13.1. The summed E-state index contributed by atoms with van der Waals surface area (Å²) >= 11 is 1.94. The number of benzene rings is 6. The third-order valence-electron chi connectivity index (χ3n) is 9.60. The molecular weight excluding hydrogens is 565 g/mol. The lowest BCUT2D eigenvalue weighted by molar-refractivity contribution is 0.998. The van der Waals surface area contributed by atoms with Crippen LogP contribution in [-0.4, -0.2) is 9.13 Å². The number of thiophene rings is 1. The Morgan fingerprint density at radius 3 is 1.76 bits per heavy atom. The van der Waals surface area contributed by atoms with Crippen LogP contribution in [0.4, 0.5) is 0 Å². The minimum atomic E-state index is 1.08. The van der Waals surface area contributed by atoms with Crippen molar-refractivity contribution in [2.75, 3.05) is 0 Å². The van der Waals surface area contributed by atoms with Crippen LogP contribution in [0.3, 0.4) is 0 Å². The zero-order chi connectivity index (χ0) is 29.5. The fourth-order valence-electron chi connectivity index (χ4n) is 7.66. The van der Waals surface area contributed by atoms with E-state index < -0.39 is 0 Å². The molecule has 0 saturated heterocycles. The third kappa shape index (κ3) is 3.62. The SMILES string of the molecule is C1=C(c2cccc(-n3c4ccccc4c4cc(-n5c6ccccc6c6ccccc65)ccc43)c2)c2sc3ccccc3c2CC1. The van der Waals surface area contributed by atoms with Crippen LogP contribution in [0.25, 0.3) is 70.6 Å². The molecule has 0 unspecified atom stereocenters. The summed E-state index contributed by atoms with van der Waals surface area (Å²) in [5.74, 6) is 0. The minimum absolute atomic E-state index is 1.08. The van der Waals surface area contributed by atoms with Crippen LogP contribution in [-0.2, 0) is 6.42 Å². The lowest BCUT2D eigenvalue weighted by Crippen LogP contribution is -1.99. The molecule has 3 heterocycles. The van der Waals surface area contributed by atoms with E-state index in [0.29, 0.717) is 0 Å². The van der Waals surface area contributed by atoms with Crippen molar-refractivity contribution in [3.05, 3.63) is 162 Å². The number of aryl methyl sites for hydroxylation is 1. The van der Waals surface area contributed by atoms with E-state index in [2.05, 4.69) is 155 Å². The normalized spacial score (nSPS) is 13.3. The lowest BCUT2D eigenvalue weighted by atomic mass is 9.91. The highest BCUT2D eigenvalue weighted by Gasteiger charge is 2.21. The van der Waals surface area contributed by atoms with Crippen LogP contribution in [0.5, 0.6) is 0 Å². The van der Waals surface area contributed by atoms with Gasteiger partial charge in [-0.2, -0.15) is 0 Å². The molecule has 0 fully saturated rings. The maximum atomic E-state index is 2.45. The van der Waals surface area contributed by atoms with Crippen molar-refractivity contribution in [2.45, 2.75) is 12.8 Å². The molecule has 212 valence electrons. The molecule has 0 bridgehead atoms. The summed E-state index contributed by atoms with van der Waals surface area (Å²) in [6.45, 7) is 0. The van der Waals surface area contributed by atoms with Crippen LogP contribution >= 0.6 is 11.3 Å². The maximum absolute atomic E-state index is 2.45. The standard InChI is InChI=1S/C42H28N2S/c1-5-19-37-31(13-1)32-14-2-6-20-38(32)44(37)29-23-24-40-36(26-29)33-15-3-7-21-39(33)43(40)28-12-9-11-27(25-28)30-17-10-18-35-34-16-4-8-22-41(34)45-42(30)35/h1-9,11-17,19-26H,10,18H2. The van der Waals surface area contributed by atoms with Gasteiger partial charge in [0.2, 0.25) is 0 Å². The molecule has 0 atom stereocenters. The zero-order valence-corrected chi connectivity index (χ0v) is 25.4. The van der Waals surface area contributed by atoms with Gasteiger partial charge in [-0.1, -0.05) is 91.0 Å². The van der Waals surface area contributed by atoms with E-state index >= 15 is 0 Å². The molecule has 0 saturated carbocycles. The number of hydrogen-bond acceptors (Lipinski definition) is 1. The second kappa shape index (κ2) is 9.56. The molecule has 3 heteroatoms. The van der Waals surface area contributed by atoms with Crippen molar-refractivity contribution in [3.8, 4) is 11.4 Å². The molecule has 10 rings (SSSR count). The van der Waals surface area contributed by atoms with Crippen LogP contribution in [0, 0.1) is 0 Å². The van der Waals surface area contributed by atoms with E-state index in [1.807, 2.05) is 11.3 Å². The fraction of sp³-hybridized carbons (Fsp3) is 0.0476. The Balaban J connectivity index is 1.17. The summed E-state index contributed by atoms with van der Waals surface area (Å²) in [5, 5.41) is 6.52. The molecule has 0 aliphatic heterocycles. The Hall–Kier alpha value is -5.38. The number of allylic oxidation sites excluding steroid dienone is 1. The number of aromatic nitrogens is 2. The van der Waals surface area contributed by atoms with E-state index in [4.69, 9.17) is 0 Å². The Labute approximate surface area is 264 Å². The highest BCUT2D eigenvalue weighted by atomic mass is 32.1. The molecule has 6 aromatic carbocycles. The van der Waals surface area contributed by atoms with Gasteiger partial charge in [0.15, 0.2) is 0 Å². The van der Waals surface area contributed by atoms with Crippen LogP contribution in [0.15, 0.2) is 146 Å². The summed E-state index contributed by atoms with van der Waals surface area (Å²) in [7, 11) is 0. The summed E-state index contributed by atoms with van der Waals surface area (Å²) in [6, 6.07) is 51.3. The number of para-hydroxylation sites is 3. The molecule has 0 radical (unpaired) electrons. The molecule has 45 heavy (non-hydrogen) atoms. The summed E-state index contributed by atoms with van der Waals surface area (Å²) in [5.41, 5.74) is 11.4. The topological polar surface area (TPSA) is 9.86 Å². The molecule has 0 N–H and O–H groups in total. The number of nitrogens with zero attached hydrogens (tertiary/aromatic N) is 2. The molecule has 0 amide bonds. The number of fused-ring (bicyclic) bond motifs is 9. The van der Waals surface area contributed by atoms with E-state index in [9.17, 15) is 0 Å². The molecule has 1 aliphatic rings. The monoisotopic (exact) mass is 592 g/mol. The molecular formula is C42H28N2S. The van der Waals surface area contributed by atoms with E-state index in [0.717, 1.165) is 12.8 Å². The van der Waals surface area contributed by atoms with Crippen molar-refractivity contribution in [1.29, 1.82) is 0 Å². The molecule has 9 aromatic rings. The van der Waals surface area contributed by atoms with Gasteiger partial charge in [-0.25, -0.2) is 0 Å². The van der Waals surface area contributed by atoms with Crippen LogP contribution in [0.1, 0.15) is 22.4 Å². The Morgan fingerprint density at radius 1 is 0.467 bits per heavy atom. The van der Waals surface area contributed by atoms with Gasteiger partial charge in [0.05, 0.1) is 22.1 Å². The van der Waals surface area contributed by atoms with Gasteiger partial charge in [0, 0.05) is 42.5 Å². The van der Waals surface area contributed by atoms with Gasteiger partial charge < -0.3 is 9.13 Å². The first-order valence-electron chi connectivity index (χ1n) is 15.7. The number of rotatable bonds is 3. The van der Waals surface area contributed by atoms with Crippen LogP contribution in [0.2, 0.25) is 0 Å². The first kappa shape index (κ1) is 25.0. The maximum Gasteiger partial charge on any atom is 0.0542 e. The predicted molar refractivity (Wildman–Crippen MR) is 192 cm³/mol. The molecule has 1 aliphatic carbocycles. The van der Waals surface area contributed by atoms with Gasteiger partial charge in [0.25, 0.3) is 0 Å². The Morgan fingerprint density at radius 2 is 1.04 bits per heavy atom. The number of hydrogen-bond donors (Lipinski definition) is 0. The first-order chi connectivity index (χ1) is 22.3. The van der Waals surface area contributed by atoms with Crippen molar-refractivity contribution < 1.29 is 0 Å². The largest absolute Gasteiger partial charge is 0.309 e. The fourth-order valence-corrected chi connectivity index (χ4v) is 8.97. The highest BCUT2D eigenvalue weighted by molar-refractivity contribution is 7.20. The minimum Gasteiger partial charge on any atom is -0.309 e. The Bertz CT molecular complexity index is 2610.